The number of aliphatic hydroxyl groups excluding tert-OH is 3. The molecule has 0 radical (unpaired) electrons. The number of carbonyl (C=O) groups excluding carboxylic acids is 1. The van der Waals surface area contributed by atoms with Crippen LogP contribution in [-0.4, -0.2) is 43.5 Å². The Morgan fingerprint density at radius 3 is 2.48 bits per heavy atom. The van der Waals surface area contributed by atoms with E-state index in [0.717, 1.165) is 10.1 Å². The zero-order chi connectivity index (χ0) is 21.1. The summed E-state index contributed by atoms with van der Waals surface area (Å²) in [6, 6.07) is 7.55. The smallest absolute Gasteiger partial charge is 0.264 e. The number of rotatable bonds is 7. The van der Waals surface area contributed by atoms with Crippen LogP contribution in [0.1, 0.15) is 27.0 Å². The molecule has 1 atom stereocenters. The fraction of sp³-hybridized carbons (Fsp3) is 0.250. The van der Waals surface area contributed by atoms with Crippen molar-refractivity contribution >= 4 is 16.9 Å². The zero-order valence-corrected chi connectivity index (χ0v) is 15.4. The Bertz CT molecular complexity index is 1110. The quantitative estimate of drug-likeness (QED) is 0.442. The molecule has 0 aliphatic carbocycles. The minimum atomic E-state index is -1.25. The lowest BCUT2D eigenvalue weighted by atomic mass is 10.0. The van der Waals surface area contributed by atoms with E-state index in [9.17, 15) is 24.2 Å². The van der Waals surface area contributed by atoms with Crippen molar-refractivity contribution in [2.75, 3.05) is 6.61 Å². The number of amides is 1. The van der Waals surface area contributed by atoms with Gasteiger partial charge in [-0.3, -0.25) is 14.6 Å². The molecule has 0 saturated heterocycles. The van der Waals surface area contributed by atoms with E-state index in [2.05, 4.69) is 4.98 Å². The summed E-state index contributed by atoms with van der Waals surface area (Å²) < 4.78 is 14.2. The van der Waals surface area contributed by atoms with E-state index < -0.39 is 36.3 Å². The Labute approximate surface area is 164 Å². The maximum absolute atomic E-state index is 13.1. The molecule has 3 rings (SSSR count). The second kappa shape index (κ2) is 8.48. The summed E-state index contributed by atoms with van der Waals surface area (Å²) in [5, 5.41) is 28.7. The highest BCUT2D eigenvalue weighted by Crippen LogP contribution is 2.21. The van der Waals surface area contributed by atoms with Gasteiger partial charge in [0, 0.05) is 11.8 Å². The number of aromatic nitrogens is 2. The van der Waals surface area contributed by atoms with Gasteiger partial charge in [0.15, 0.2) is 0 Å². The highest BCUT2D eigenvalue weighted by atomic mass is 19.1. The summed E-state index contributed by atoms with van der Waals surface area (Å²) in [7, 11) is 0. The molecule has 5 N–H and O–H groups in total. The normalized spacial score (nSPS) is 12.3. The molecule has 0 spiro atoms. The van der Waals surface area contributed by atoms with Gasteiger partial charge in [-0.25, -0.2) is 4.39 Å². The highest BCUT2D eigenvalue weighted by molar-refractivity contribution is 5.98. The van der Waals surface area contributed by atoms with Gasteiger partial charge >= 0.3 is 0 Å². The third-order valence-electron chi connectivity index (χ3n) is 4.59. The van der Waals surface area contributed by atoms with Crippen LogP contribution in [0.5, 0.6) is 0 Å². The zero-order valence-electron chi connectivity index (χ0n) is 15.4. The van der Waals surface area contributed by atoms with Gasteiger partial charge in [0.1, 0.15) is 11.4 Å². The Balaban J connectivity index is 2.22. The summed E-state index contributed by atoms with van der Waals surface area (Å²) >= 11 is 0. The Morgan fingerprint density at radius 2 is 1.90 bits per heavy atom. The number of halogens is 1. The van der Waals surface area contributed by atoms with Crippen molar-refractivity contribution in [3.63, 3.8) is 0 Å². The third kappa shape index (κ3) is 4.16. The number of primary amides is 1. The molecule has 0 aliphatic rings. The number of hydrogen-bond donors (Lipinski definition) is 4. The lowest BCUT2D eigenvalue weighted by molar-refractivity contribution is 0.0811. The van der Waals surface area contributed by atoms with Crippen LogP contribution in [0.25, 0.3) is 11.0 Å². The van der Waals surface area contributed by atoms with Crippen molar-refractivity contribution in [3.8, 4) is 0 Å². The molecule has 9 heteroatoms. The fourth-order valence-electron chi connectivity index (χ4n) is 3.22. The molecule has 0 bridgehead atoms. The van der Waals surface area contributed by atoms with Gasteiger partial charge in [-0.2, -0.15) is 0 Å². The first kappa shape index (κ1) is 20.6. The number of pyridine rings is 2. The largest absolute Gasteiger partial charge is 0.394 e. The van der Waals surface area contributed by atoms with E-state index in [1.165, 1.54) is 18.3 Å². The van der Waals surface area contributed by atoms with Crippen molar-refractivity contribution < 1.29 is 24.5 Å². The molecule has 0 aliphatic heterocycles. The number of aliphatic hydroxyl groups is 3. The van der Waals surface area contributed by atoms with Crippen LogP contribution in [-0.2, 0) is 19.6 Å². The molecule has 0 saturated carbocycles. The summed E-state index contributed by atoms with van der Waals surface area (Å²) in [6.07, 6.45) is 0.663. The van der Waals surface area contributed by atoms with Crippen molar-refractivity contribution in [2.45, 2.75) is 25.7 Å². The topological polar surface area (TPSA) is 139 Å². The van der Waals surface area contributed by atoms with Gasteiger partial charge in [-0.05, 0) is 35.7 Å². The molecule has 1 amide bonds. The van der Waals surface area contributed by atoms with E-state index >= 15 is 0 Å². The van der Waals surface area contributed by atoms with Gasteiger partial charge in [0.25, 0.3) is 11.5 Å². The molecule has 2 heterocycles. The van der Waals surface area contributed by atoms with E-state index in [-0.39, 0.29) is 29.0 Å². The van der Waals surface area contributed by atoms with Crippen LogP contribution in [0, 0.1) is 5.82 Å². The number of fused-ring (bicyclic) bond motifs is 1. The monoisotopic (exact) mass is 401 g/mol. The molecule has 152 valence electrons. The predicted octanol–water partition coefficient (Wildman–Crippen LogP) is 0.0708. The number of nitrogens with zero attached hydrogens (tertiary/aromatic N) is 2. The second-order valence-electron chi connectivity index (χ2n) is 6.64. The average Bonchev–Trinajstić information content (AvgIpc) is 2.70. The van der Waals surface area contributed by atoms with Gasteiger partial charge in [-0.1, -0.05) is 12.1 Å². The van der Waals surface area contributed by atoms with Crippen LogP contribution >= 0.6 is 0 Å². The molecule has 2 aromatic heterocycles. The summed E-state index contributed by atoms with van der Waals surface area (Å²) in [5.74, 6) is -1.38. The first-order valence-corrected chi connectivity index (χ1v) is 8.84. The first-order chi connectivity index (χ1) is 13.8. The molecule has 1 aromatic carbocycles. The van der Waals surface area contributed by atoms with Gasteiger partial charge in [0.05, 0.1) is 36.9 Å². The predicted molar refractivity (Wildman–Crippen MR) is 103 cm³/mol. The van der Waals surface area contributed by atoms with Crippen LogP contribution in [0.2, 0.25) is 0 Å². The standard InChI is InChI=1S/C20H20FN3O5/c21-13-3-1-11(2-4-13)5-12-6-16-18(23-7-12)15(10-26)17(19(22)28)20(29)24(16)8-14(27)9-25/h1-4,6-7,14,25-27H,5,8-10H2,(H2,22,28). The second-order valence-corrected chi connectivity index (χ2v) is 6.64. The molecule has 0 fully saturated rings. The number of benzene rings is 1. The molecule has 29 heavy (non-hydrogen) atoms. The lowest BCUT2D eigenvalue weighted by Gasteiger charge is -2.17. The van der Waals surface area contributed by atoms with Crippen molar-refractivity contribution in [1.29, 1.82) is 0 Å². The Kier molecular flexibility index (Phi) is 6.02. The molecule has 8 nitrogen and oxygen atoms in total. The van der Waals surface area contributed by atoms with Gasteiger partial charge in [-0.15, -0.1) is 0 Å². The maximum Gasteiger partial charge on any atom is 0.264 e. The van der Waals surface area contributed by atoms with Gasteiger partial charge in [0.2, 0.25) is 0 Å². The fourth-order valence-corrected chi connectivity index (χ4v) is 3.22. The summed E-state index contributed by atoms with van der Waals surface area (Å²) in [6.45, 7) is -1.51. The van der Waals surface area contributed by atoms with Crippen LogP contribution in [0.3, 0.4) is 0 Å². The molecule has 1 unspecified atom stereocenters. The first-order valence-electron chi connectivity index (χ1n) is 8.84. The average molecular weight is 401 g/mol. The minimum Gasteiger partial charge on any atom is -0.394 e. The molecular weight excluding hydrogens is 381 g/mol. The lowest BCUT2D eigenvalue weighted by Crippen LogP contribution is -2.35. The number of carbonyl (C=O) groups is 1. The molecular formula is C20H20FN3O5. The van der Waals surface area contributed by atoms with Crippen molar-refractivity contribution in [3.05, 3.63) is 75.0 Å². The van der Waals surface area contributed by atoms with E-state index in [4.69, 9.17) is 10.8 Å². The number of hydrogen-bond acceptors (Lipinski definition) is 6. The van der Waals surface area contributed by atoms with Crippen molar-refractivity contribution in [2.24, 2.45) is 5.73 Å². The highest BCUT2D eigenvalue weighted by Gasteiger charge is 2.22. The van der Waals surface area contributed by atoms with Crippen molar-refractivity contribution in [1.82, 2.24) is 9.55 Å². The van der Waals surface area contributed by atoms with E-state index in [1.54, 1.807) is 18.2 Å². The molecule has 3 aromatic rings. The SMILES string of the molecule is NC(=O)c1c(CO)c2ncc(Cc3ccc(F)cc3)cc2n(CC(O)CO)c1=O. The van der Waals surface area contributed by atoms with E-state index in [1.807, 2.05) is 0 Å². The number of nitrogens with two attached hydrogens (primary N) is 1. The summed E-state index contributed by atoms with van der Waals surface area (Å²) in [4.78, 5) is 29.0. The van der Waals surface area contributed by atoms with Crippen LogP contribution in [0.4, 0.5) is 4.39 Å². The maximum atomic E-state index is 13.1. The van der Waals surface area contributed by atoms with E-state index in [0.29, 0.717) is 12.0 Å². The summed E-state index contributed by atoms with van der Waals surface area (Å²) in [5.41, 5.74) is 6.09. The van der Waals surface area contributed by atoms with Crippen LogP contribution in [0.15, 0.2) is 41.3 Å². The van der Waals surface area contributed by atoms with Crippen LogP contribution < -0.4 is 11.3 Å². The minimum absolute atomic E-state index is 0.000528. The third-order valence-corrected chi connectivity index (χ3v) is 4.59. The Morgan fingerprint density at radius 1 is 1.21 bits per heavy atom. The van der Waals surface area contributed by atoms with Gasteiger partial charge < -0.3 is 25.6 Å². The Hall–Kier alpha value is -3.14.